The monoisotopic (exact) mass is 171 g/mol. The predicted octanol–water partition coefficient (Wildman–Crippen LogP) is -0.00510. The SMILES string of the molecule is CC(CC1CNC1)N(C)C(N)=O. The molecule has 12 heavy (non-hydrogen) atoms. The molecule has 4 heteroatoms. The van der Waals surface area contributed by atoms with Gasteiger partial charge in [-0.1, -0.05) is 0 Å². The lowest BCUT2D eigenvalue weighted by Crippen LogP contribution is -2.47. The number of hydrogen-bond donors (Lipinski definition) is 2. The number of carbonyl (C=O) groups is 1. The largest absolute Gasteiger partial charge is 0.351 e. The lowest BCUT2D eigenvalue weighted by molar-refractivity contribution is 0.184. The molecule has 3 N–H and O–H groups in total. The Kier molecular flexibility index (Phi) is 2.92. The molecule has 0 aromatic carbocycles. The van der Waals surface area contributed by atoms with Crippen LogP contribution in [0, 0.1) is 5.92 Å². The fraction of sp³-hybridized carbons (Fsp3) is 0.875. The van der Waals surface area contributed by atoms with E-state index in [0.29, 0.717) is 0 Å². The first-order valence-corrected chi connectivity index (χ1v) is 4.34. The molecule has 1 fully saturated rings. The summed E-state index contributed by atoms with van der Waals surface area (Å²) >= 11 is 0. The van der Waals surface area contributed by atoms with Crippen molar-refractivity contribution in [2.24, 2.45) is 11.7 Å². The molecule has 70 valence electrons. The van der Waals surface area contributed by atoms with Gasteiger partial charge in [-0.25, -0.2) is 4.79 Å². The van der Waals surface area contributed by atoms with Gasteiger partial charge in [0.25, 0.3) is 0 Å². The second-order valence-corrected chi connectivity index (χ2v) is 3.56. The Morgan fingerprint density at radius 3 is 2.67 bits per heavy atom. The highest BCUT2D eigenvalue weighted by Crippen LogP contribution is 2.13. The molecule has 1 aliphatic heterocycles. The van der Waals surface area contributed by atoms with E-state index in [0.717, 1.165) is 25.4 Å². The zero-order valence-electron chi connectivity index (χ0n) is 7.71. The Morgan fingerprint density at radius 1 is 1.75 bits per heavy atom. The van der Waals surface area contributed by atoms with Gasteiger partial charge in [0, 0.05) is 13.1 Å². The van der Waals surface area contributed by atoms with Crippen LogP contribution in [0.25, 0.3) is 0 Å². The molecule has 1 heterocycles. The molecule has 2 amide bonds. The van der Waals surface area contributed by atoms with Crippen molar-refractivity contribution in [3.8, 4) is 0 Å². The molecule has 0 radical (unpaired) electrons. The van der Waals surface area contributed by atoms with E-state index in [1.165, 1.54) is 0 Å². The Bertz CT molecular complexity index is 168. The molecule has 1 saturated heterocycles. The molecular weight excluding hydrogens is 154 g/mol. The summed E-state index contributed by atoms with van der Waals surface area (Å²) in [5.74, 6) is 0.724. The standard InChI is InChI=1S/C8H17N3O/c1-6(11(2)8(9)12)3-7-4-10-5-7/h6-7,10H,3-5H2,1-2H3,(H2,9,12). The number of rotatable bonds is 3. The van der Waals surface area contributed by atoms with Crippen molar-refractivity contribution in [2.45, 2.75) is 19.4 Å². The zero-order valence-corrected chi connectivity index (χ0v) is 7.71. The predicted molar refractivity (Wildman–Crippen MR) is 47.8 cm³/mol. The van der Waals surface area contributed by atoms with Crippen molar-refractivity contribution in [3.05, 3.63) is 0 Å². The number of primary amides is 1. The maximum atomic E-state index is 10.8. The van der Waals surface area contributed by atoms with E-state index < -0.39 is 0 Å². The maximum absolute atomic E-state index is 10.8. The molecule has 0 saturated carbocycles. The molecule has 1 rings (SSSR count). The molecule has 0 aromatic rings. The average molecular weight is 171 g/mol. The minimum absolute atomic E-state index is 0.259. The minimum atomic E-state index is -0.338. The van der Waals surface area contributed by atoms with Gasteiger partial charge < -0.3 is 16.0 Å². The van der Waals surface area contributed by atoms with Crippen molar-refractivity contribution in [3.63, 3.8) is 0 Å². The van der Waals surface area contributed by atoms with Gasteiger partial charge in [-0.15, -0.1) is 0 Å². The molecule has 0 bridgehead atoms. The fourth-order valence-electron chi connectivity index (χ4n) is 1.37. The molecule has 1 unspecified atom stereocenters. The van der Waals surface area contributed by atoms with Crippen LogP contribution in [0.4, 0.5) is 4.79 Å². The minimum Gasteiger partial charge on any atom is -0.351 e. The molecular formula is C8H17N3O. The summed E-state index contributed by atoms with van der Waals surface area (Å²) in [6, 6.07) is -0.0793. The number of hydrogen-bond acceptors (Lipinski definition) is 2. The number of amides is 2. The van der Waals surface area contributed by atoms with Gasteiger partial charge in [-0.05, 0) is 32.4 Å². The first-order valence-electron chi connectivity index (χ1n) is 4.34. The summed E-state index contributed by atoms with van der Waals surface area (Å²) < 4.78 is 0. The summed E-state index contributed by atoms with van der Waals surface area (Å²) in [5.41, 5.74) is 5.14. The summed E-state index contributed by atoms with van der Waals surface area (Å²) in [5, 5.41) is 3.20. The van der Waals surface area contributed by atoms with Crippen molar-refractivity contribution in [1.82, 2.24) is 10.2 Å². The highest BCUT2D eigenvalue weighted by Gasteiger charge is 2.22. The third-order valence-corrected chi connectivity index (χ3v) is 2.55. The lowest BCUT2D eigenvalue weighted by Gasteiger charge is -2.32. The van der Waals surface area contributed by atoms with Crippen LogP contribution in [-0.4, -0.2) is 37.1 Å². The molecule has 4 nitrogen and oxygen atoms in total. The number of nitrogens with two attached hydrogens (primary N) is 1. The highest BCUT2D eigenvalue weighted by molar-refractivity contribution is 5.71. The molecule has 0 aromatic heterocycles. The smallest absolute Gasteiger partial charge is 0.314 e. The van der Waals surface area contributed by atoms with Crippen LogP contribution >= 0.6 is 0 Å². The zero-order chi connectivity index (χ0) is 9.14. The number of urea groups is 1. The van der Waals surface area contributed by atoms with Gasteiger partial charge in [0.1, 0.15) is 0 Å². The second-order valence-electron chi connectivity index (χ2n) is 3.56. The Labute approximate surface area is 73.1 Å². The van der Waals surface area contributed by atoms with Crippen LogP contribution < -0.4 is 11.1 Å². The van der Waals surface area contributed by atoms with E-state index >= 15 is 0 Å². The van der Waals surface area contributed by atoms with Gasteiger partial charge in [0.2, 0.25) is 0 Å². The molecule has 0 aliphatic carbocycles. The Morgan fingerprint density at radius 2 is 2.33 bits per heavy atom. The van der Waals surface area contributed by atoms with Gasteiger partial charge >= 0.3 is 6.03 Å². The van der Waals surface area contributed by atoms with Crippen LogP contribution in [0.5, 0.6) is 0 Å². The van der Waals surface area contributed by atoms with Crippen LogP contribution in [0.3, 0.4) is 0 Å². The highest BCUT2D eigenvalue weighted by atomic mass is 16.2. The third-order valence-electron chi connectivity index (χ3n) is 2.55. The number of carbonyl (C=O) groups excluding carboxylic acids is 1. The fourth-order valence-corrected chi connectivity index (χ4v) is 1.37. The van der Waals surface area contributed by atoms with E-state index in [1.54, 1.807) is 11.9 Å². The normalized spacial score (nSPS) is 19.8. The van der Waals surface area contributed by atoms with Gasteiger partial charge in [0.15, 0.2) is 0 Å². The van der Waals surface area contributed by atoms with Crippen molar-refractivity contribution >= 4 is 6.03 Å². The van der Waals surface area contributed by atoms with Crippen LogP contribution in [-0.2, 0) is 0 Å². The lowest BCUT2D eigenvalue weighted by atomic mass is 9.95. The quantitative estimate of drug-likeness (QED) is 0.627. The molecule has 0 spiro atoms. The summed E-state index contributed by atoms with van der Waals surface area (Å²) in [6.07, 6.45) is 1.05. The Balaban J connectivity index is 2.25. The molecule has 1 aliphatic rings. The van der Waals surface area contributed by atoms with E-state index in [1.807, 2.05) is 6.92 Å². The average Bonchev–Trinajstić information content (AvgIpc) is 1.94. The topological polar surface area (TPSA) is 58.4 Å². The maximum Gasteiger partial charge on any atom is 0.314 e. The van der Waals surface area contributed by atoms with E-state index in [-0.39, 0.29) is 12.1 Å². The number of nitrogens with one attached hydrogen (secondary N) is 1. The first-order chi connectivity index (χ1) is 5.61. The summed E-state index contributed by atoms with van der Waals surface area (Å²) in [7, 11) is 1.75. The van der Waals surface area contributed by atoms with Crippen LogP contribution in [0.2, 0.25) is 0 Å². The second kappa shape index (κ2) is 3.76. The third kappa shape index (κ3) is 2.11. The van der Waals surface area contributed by atoms with Crippen molar-refractivity contribution in [2.75, 3.05) is 20.1 Å². The van der Waals surface area contributed by atoms with Gasteiger partial charge in [-0.2, -0.15) is 0 Å². The van der Waals surface area contributed by atoms with Crippen LogP contribution in [0.15, 0.2) is 0 Å². The summed E-state index contributed by atoms with van der Waals surface area (Å²) in [6.45, 7) is 4.19. The first kappa shape index (κ1) is 9.32. The Hall–Kier alpha value is -0.770. The van der Waals surface area contributed by atoms with E-state index in [2.05, 4.69) is 5.32 Å². The number of nitrogens with zero attached hydrogens (tertiary/aromatic N) is 1. The van der Waals surface area contributed by atoms with Crippen molar-refractivity contribution in [1.29, 1.82) is 0 Å². The summed E-state index contributed by atoms with van der Waals surface area (Å²) in [4.78, 5) is 12.4. The van der Waals surface area contributed by atoms with Gasteiger partial charge in [0.05, 0.1) is 0 Å². The van der Waals surface area contributed by atoms with Gasteiger partial charge in [-0.3, -0.25) is 0 Å². The van der Waals surface area contributed by atoms with E-state index in [4.69, 9.17) is 5.73 Å². The van der Waals surface area contributed by atoms with E-state index in [9.17, 15) is 4.79 Å². The van der Waals surface area contributed by atoms with Crippen LogP contribution in [0.1, 0.15) is 13.3 Å². The van der Waals surface area contributed by atoms with Crippen molar-refractivity contribution < 1.29 is 4.79 Å². The molecule has 1 atom stereocenters.